The number of aryl methyl sites for hydroxylation is 1. The monoisotopic (exact) mass is 296 g/mol. The van der Waals surface area contributed by atoms with Gasteiger partial charge in [-0.15, -0.1) is 0 Å². The van der Waals surface area contributed by atoms with Crippen LogP contribution in [0.2, 0.25) is 0 Å². The minimum Gasteiger partial charge on any atom is -0.348 e. The van der Waals surface area contributed by atoms with Crippen molar-refractivity contribution in [1.82, 2.24) is 15.3 Å². The van der Waals surface area contributed by atoms with Crippen LogP contribution in [0.4, 0.5) is 11.6 Å². The molecule has 1 aromatic carbocycles. The Morgan fingerprint density at radius 1 is 1.36 bits per heavy atom. The van der Waals surface area contributed by atoms with Crippen LogP contribution < -0.4 is 10.2 Å². The van der Waals surface area contributed by atoms with Gasteiger partial charge in [-0.25, -0.2) is 9.97 Å². The summed E-state index contributed by atoms with van der Waals surface area (Å²) in [6.07, 6.45) is 3.77. The highest BCUT2D eigenvalue weighted by Gasteiger charge is 2.24. The lowest BCUT2D eigenvalue weighted by molar-refractivity contribution is 0.0946. The largest absolute Gasteiger partial charge is 0.348 e. The molecule has 0 bridgehead atoms. The van der Waals surface area contributed by atoms with Crippen molar-refractivity contribution < 1.29 is 4.79 Å². The van der Waals surface area contributed by atoms with E-state index < -0.39 is 0 Å². The van der Waals surface area contributed by atoms with Crippen molar-refractivity contribution in [2.24, 2.45) is 0 Å². The van der Waals surface area contributed by atoms with Crippen LogP contribution in [0.3, 0.4) is 0 Å². The number of benzene rings is 1. The number of carbonyl (C=O) groups excluding carboxylic acids is 1. The second kappa shape index (κ2) is 6.13. The molecule has 0 spiro atoms. The van der Waals surface area contributed by atoms with Gasteiger partial charge < -0.3 is 10.2 Å². The van der Waals surface area contributed by atoms with Gasteiger partial charge in [-0.1, -0.05) is 12.1 Å². The van der Waals surface area contributed by atoms with Gasteiger partial charge >= 0.3 is 0 Å². The van der Waals surface area contributed by atoms with Crippen molar-refractivity contribution >= 4 is 17.5 Å². The Morgan fingerprint density at radius 3 is 2.86 bits per heavy atom. The highest BCUT2D eigenvalue weighted by atomic mass is 16.2. The van der Waals surface area contributed by atoms with Gasteiger partial charge in [-0.3, -0.25) is 4.79 Å². The van der Waals surface area contributed by atoms with Crippen LogP contribution in [0.15, 0.2) is 36.5 Å². The van der Waals surface area contributed by atoms with Gasteiger partial charge in [0.25, 0.3) is 5.91 Å². The summed E-state index contributed by atoms with van der Waals surface area (Å²) in [6.45, 7) is 4.83. The first-order chi connectivity index (χ1) is 10.7. The van der Waals surface area contributed by atoms with Crippen molar-refractivity contribution in [2.75, 3.05) is 11.4 Å². The van der Waals surface area contributed by atoms with E-state index in [1.807, 2.05) is 24.0 Å². The minimum atomic E-state index is -0.119. The van der Waals surface area contributed by atoms with E-state index in [-0.39, 0.29) is 5.91 Å². The number of anilines is 2. The molecule has 0 aliphatic heterocycles. The molecule has 1 amide bonds. The summed E-state index contributed by atoms with van der Waals surface area (Å²) < 4.78 is 0. The van der Waals surface area contributed by atoms with Gasteiger partial charge in [-0.05, 0) is 50.5 Å². The Kier molecular flexibility index (Phi) is 4.04. The number of rotatable bonds is 5. The molecule has 1 aliphatic rings. The first-order valence-electron chi connectivity index (χ1n) is 7.65. The standard InChI is InChI=1S/C17H20N4O/c1-3-21(14-6-4-5-12(2)11-14)17-18-10-9-15(20-17)16(22)19-13-7-8-13/h4-6,9-11,13H,3,7-8H2,1-2H3,(H,19,22). The van der Waals surface area contributed by atoms with Gasteiger partial charge in [0, 0.05) is 24.5 Å². The third kappa shape index (κ3) is 3.24. The predicted molar refractivity (Wildman–Crippen MR) is 86.4 cm³/mol. The van der Waals surface area contributed by atoms with Gasteiger partial charge in [0.15, 0.2) is 0 Å². The first kappa shape index (κ1) is 14.5. The Hall–Kier alpha value is -2.43. The number of hydrogen-bond acceptors (Lipinski definition) is 4. The van der Waals surface area contributed by atoms with Crippen molar-refractivity contribution in [3.05, 3.63) is 47.8 Å². The lowest BCUT2D eigenvalue weighted by atomic mass is 10.2. The third-order valence-electron chi connectivity index (χ3n) is 3.66. The van der Waals surface area contributed by atoms with Crippen LogP contribution in [0.5, 0.6) is 0 Å². The Balaban J connectivity index is 1.87. The fourth-order valence-corrected chi connectivity index (χ4v) is 2.33. The van der Waals surface area contributed by atoms with Crippen LogP contribution in [-0.4, -0.2) is 28.5 Å². The molecule has 1 heterocycles. The molecule has 3 rings (SSSR count). The highest BCUT2D eigenvalue weighted by molar-refractivity contribution is 5.92. The van der Waals surface area contributed by atoms with Crippen LogP contribution in [-0.2, 0) is 0 Å². The molecule has 5 nitrogen and oxygen atoms in total. The molecule has 0 saturated heterocycles. The zero-order chi connectivity index (χ0) is 15.5. The summed E-state index contributed by atoms with van der Waals surface area (Å²) >= 11 is 0. The molecule has 1 N–H and O–H groups in total. The number of hydrogen-bond donors (Lipinski definition) is 1. The van der Waals surface area contributed by atoms with E-state index in [0.29, 0.717) is 17.7 Å². The summed E-state index contributed by atoms with van der Waals surface area (Å²) in [4.78, 5) is 22.9. The first-order valence-corrected chi connectivity index (χ1v) is 7.65. The fourth-order valence-electron chi connectivity index (χ4n) is 2.33. The van der Waals surface area contributed by atoms with Crippen molar-refractivity contribution in [1.29, 1.82) is 0 Å². The van der Waals surface area contributed by atoms with Crippen LogP contribution >= 0.6 is 0 Å². The van der Waals surface area contributed by atoms with Gasteiger partial charge in [0.1, 0.15) is 5.69 Å². The van der Waals surface area contributed by atoms with E-state index >= 15 is 0 Å². The zero-order valence-corrected chi connectivity index (χ0v) is 12.9. The average molecular weight is 296 g/mol. The van der Waals surface area contributed by atoms with Crippen LogP contribution in [0.25, 0.3) is 0 Å². The van der Waals surface area contributed by atoms with Crippen LogP contribution in [0.1, 0.15) is 35.8 Å². The normalized spacial score (nSPS) is 13.7. The molecule has 0 radical (unpaired) electrons. The van der Waals surface area contributed by atoms with Crippen LogP contribution in [0, 0.1) is 6.92 Å². The SMILES string of the molecule is CCN(c1cccc(C)c1)c1nccc(C(=O)NC2CC2)n1. The zero-order valence-electron chi connectivity index (χ0n) is 12.9. The molecule has 0 unspecified atom stereocenters. The highest BCUT2D eigenvalue weighted by Crippen LogP contribution is 2.23. The molecule has 114 valence electrons. The minimum absolute atomic E-state index is 0.119. The number of nitrogens with zero attached hydrogens (tertiary/aromatic N) is 3. The molecule has 22 heavy (non-hydrogen) atoms. The maximum absolute atomic E-state index is 12.1. The van der Waals surface area contributed by atoms with Crippen molar-refractivity contribution in [3.8, 4) is 0 Å². The number of carbonyl (C=O) groups is 1. The predicted octanol–water partition coefficient (Wildman–Crippen LogP) is 2.84. The third-order valence-corrected chi connectivity index (χ3v) is 3.66. The lowest BCUT2D eigenvalue weighted by Gasteiger charge is -2.21. The summed E-state index contributed by atoms with van der Waals surface area (Å²) in [5.41, 5.74) is 2.63. The number of amides is 1. The summed E-state index contributed by atoms with van der Waals surface area (Å²) in [5.74, 6) is 0.433. The van der Waals surface area contributed by atoms with Crippen molar-refractivity contribution in [2.45, 2.75) is 32.7 Å². The topological polar surface area (TPSA) is 58.1 Å². The quantitative estimate of drug-likeness (QED) is 0.921. The van der Waals surface area contributed by atoms with E-state index in [9.17, 15) is 4.79 Å². The lowest BCUT2D eigenvalue weighted by Crippen LogP contribution is -2.27. The van der Waals surface area contributed by atoms with Crippen molar-refractivity contribution in [3.63, 3.8) is 0 Å². The summed E-state index contributed by atoms with van der Waals surface area (Å²) in [7, 11) is 0. The summed E-state index contributed by atoms with van der Waals surface area (Å²) in [6, 6.07) is 10.2. The van der Waals surface area contributed by atoms with Gasteiger partial charge in [-0.2, -0.15) is 0 Å². The van der Waals surface area contributed by atoms with E-state index in [0.717, 1.165) is 25.1 Å². The molecular weight excluding hydrogens is 276 g/mol. The molecular formula is C17H20N4O. The number of aromatic nitrogens is 2. The Bertz CT molecular complexity index is 682. The molecule has 1 aromatic heterocycles. The maximum atomic E-state index is 12.1. The Labute approximate surface area is 130 Å². The summed E-state index contributed by atoms with van der Waals surface area (Å²) in [5, 5.41) is 2.96. The van der Waals surface area contributed by atoms with Gasteiger partial charge in [0.2, 0.25) is 5.95 Å². The molecule has 1 aliphatic carbocycles. The Morgan fingerprint density at radius 2 is 2.18 bits per heavy atom. The van der Waals surface area contributed by atoms with E-state index in [1.54, 1.807) is 12.3 Å². The molecule has 0 atom stereocenters. The molecule has 1 fully saturated rings. The second-order valence-electron chi connectivity index (χ2n) is 5.57. The van der Waals surface area contributed by atoms with E-state index in [4.69, 9.17) is 0 Å². The second-order valence-corrected chi connectivity index (χ2v) is 5.57. The fraction of sp³-hybridized carbons (Fsp3) is 0.353. The average Bonchev–Trinajstić information content (AvgIpc) is 3.32. The molecule has 5 heteroatoms. The maximum Gasteiger partial charge on any atom is 0.270 e. The van der Waals surface area contributed by atoms with Gasteiger partial charge in [0.05, 0.1) is 0 Å². The van der Waals surface area contributed by atoms with E-state index in [2.05, 4.69) is 34.3 Å². The van der Waals surface area contributed by atoms with E-state index in [1.165, 1.54) is 5.56 Å². The molecule has 2 aromatic rings. The smallest absolute Gasteiger partial charge is 0.270 e. The molecule has 1 saturated carbocycles. The number of nitrogens with one attached hydrogen (secondary N) is 1.